The van der Waals surface area contributed by atoms with Crippen molar-refractivity contribution in [3.63, 3.8) is 0 Å². The van der Waals surface area contributed by atoms with Crippen LogP contribution in [-0.2, 0) is 17.9 Å². The minimum absolute atomic E-state index is 0.132. The lowest BCUT2D eigenvalue weighted by Gasteiger charge is -2.36. The lowest BCUT2D eigenvalue weighted by molar-refractivity contribution is -0.128. The van der Waals surface area contributed by atoms with E-state index in [1.54, 1.807) is 0 Å². The summed E-state index contributed by atoms with van der Waals surface area (Å²) in [5.41, 5.74) is 2.32. The Morgan fingerprint density at radius 2 is 1.74 bits per heavy atom. The number of hydrogen-bond acceptors (Lipinski definition) is 7. The third-order valence-corrected chi connectivity index (χ3v) is 6.90. The highest BCUT2D eigenvalue weighted by Crippen LogP contribution is 2.29. The van der Waals surface area contributed by atoms with Gasteiger partial charge in [0.1, 0.15) is 6.61 Å². The van der Waals surface area contributed by atoms with Crippen molar-refractivity contribution in [1.82, 2.24) is 19.7 Å². The second kappa shape index (κ2) is 12.0. The SMILES string of the molecule is CCOc1cc(C)ccc1OCc1nnc(SCC(=O)N2CCN(c3ccccc3)CC2)n1CC. The van der Waals surface area contributed by atoms with Gasteiger partial charge in [-0.3, -0.25) is 4.79 Å². The third-order valence-electron chi connectivity index (χ3n) is 5.94. The molecular weight excluding hydrogens is 462 g/mol. The second-order valence-corrected chi connectivity index (χ2v) is 9.25. The highest BCUT2D eigenvalue weighted by molar-refractivity contribution is 7.99. The lowest BCUT2D eigenvalue weighted by atomic mass is 10.2. The number of anilines is 1. The molecule has 1 aliphatic rings. The molecule has 3 aromatic rings. The maximum absolute atomic E-state index is 12.8. The number of carbonyl (C=O) groups excluding carboxylic acids is 1. The zero-order chi connectivity index (χ0) is 24.6. The average molecular weight is 496 g/mol. The standard InChI is InChI=1S/C26H33N5O3S/c1-4-31-24(18-34-22-12-11-20(3)17-23(22)33-5-2)27-28-26(31)35-19-25(32)30-15-13-29(14-16-30)21-9-7-6-8-10-21/h6-12,17H,4-5,13-16,18-19H2,1-3H3. The molecule has 8 nitrogen and oxygen atoms in total. The van der Waals surface area contributed by atoms with Crippen LogP contribution in [0.25, 0.3) is 0 Å². The Kier molecular flexibility index (Phi) is 8.52. The van der Waals surface area contributed by atoms with E-state index in [4.69, 9.17) is 9.47 Å². The molecule has 0 radical (unpaired) electrons. The molecule has 1 fully saturated rings. The minimum atomic E-state index is 0.132. The Bertz CT molecular complexity index is 1110. The molecule has 1 saturated heterocycles. The van der Waals surface area contributed by atoms with Gasteiger partial charge < -0.3 is 23.8 Å². The fraction of sp³-hybridized carbons (Fsp3) is 0.423. The molecule has 2 aromatic carbocycles. The Balaban J connectivity index is 1.30. The van der Waals surface area contributed by atoms with Gasteiger partial charge in [0.25, 0.3) is 0 Å². The van der Waals surface area contributed by atoms with Crippen molar-refractivity contribution in [2.24, 2.45) is 0 Å². The van der Waals surface area contributed by atoms with Crippen LogP contribution in [0.3, 0.4) is 0 Å². The number of benzene rings is 2. The molecule has 186 valence electrons. The number of aromatic nitrogens is 3. The van der Waals surface area contributed by atoms with Crippen molar-refractivity contribution < 1.29 is 14.3 Å². The van der Waals surface area contributed by atoms with Gasteiger partial charge in [0, 0.05) is 38.4 Å². The van der Waals surface area contributed by atoms with E-state index >= 15 is 0 Å². The zero-order valence-corrected chi connectivity index (χ0v) is 21.5. The number of aryl methyl sites for hydroxylation is 1. The number of hydrogen-bond donors (Lipinski definition) is 0. The molecule has 0 saturated carbocycles. The molecule has 2 heterocycles. The molecule has 1 aromatic heterocycles. The normalized spacial score (nSPS) is 13.7. The summed E-state index contributed by atoms with van der Waals surface area (Å²) in [5, 5.41) is 9.38. The molecular formula is C26H33N5O3S. The van der Waals surface area contributed by atoms with E-state index < -0.39 is 0 Å². The molecule has 0 N–H and O–H groups in total. The van der Waals surface area contributed by atoms with E-state index in [1.807, 2.05) is 66.6 Å². The van der Waals surface area contributed by atoms with Gasteiger partial charge >= 0.3 is 0 Å². The van der Waals surface area contributed by atoms with Crippen molar-refractivity contribution in [2.45, 2.75) is 39.1 Å². The first-order chi connectivity index (χ1) is 17.1. The maximum Gasteiger partial charge on any atom is 0.233 e. The number of rotatable bonds is 10. The number of ether oxygens (including phenoxy) is 2. The smallest absolute Gasteiger partial charge is 0.233 e. The maximum atomic E-state index is 12.8. The second-order valence-electron chi connectivity index (χ2n) is 8.31. The molecule has 0 spiro atoms. The monoisotopic (exact) mass is 495 g/mol. The minimum Gasteiger partial charge on any atom is -0.490 e. The summed E-state index contributed by atoms with van der Waals surface area (Å²) in [6.45, 7) is 10.7. The topological polar surface area (TPSA) is 72.7 Å². The van der Waals surface area contributed by atoms with Crippen LogP contribution in [0, 0.1) is 6.92 Å². The number of piperazine rings is 1. The average Bonchev–Trinajstić information content (AvgIpc) is 3.29. The fourth-order valence-electron chi connectivity index (χ4n) is 4.07. The molecule has 35 heavy (non-hydrogen) atoms. The Morgan fingerprint density at radius 3 is 2.46 bits per heavy atom. The molecule has 9 heteroatoms. The van der Waals surface area contributed by atoms with Gasteiger partial charge in [0.05, 0.1) is 12.4 Å². The van der Waals surface area contributed by atoms with Gasteiger partial charge in [-0.1, -0.05) is 36.0 Å². The Hall–Kier alpha value is -3.20. The summed E-state index contributed by atoms with van der Waals surface area (Å²) in [7, 11) is 0. The van der Waals surface area contributed by atoms with Crippen LogP contribution in [0.2, 0.25) is 0 Å². The number of thioether (sulfide) groups is 1. The first-order valence-corrected chi connectivity index (χ1v) is 13.1. The van der Waals surface area contributed by atoms with E-state index in [0.717, 1.165) is 48.5 Å². The lowest BCUT2D eigenvalue weighted by Crippen LogP contribution is -2.49. The number of para-hydroxylation sites is 1. The molecule has 0 bridgehead atoms. The Morgan fingerprint density at radius 1 is 0.971 bits per heavy atom. The van der Waals surface area contributed by atoms with Crippen LogP contribution >= 0.6 is 11.8 Å². The number of carbonyl (C=O) groups is 1. The molecule has 0 aliphatic carbocycles. The van der Waals surface area contributed by atoms with Crippen molar-refractivity contribution in [3.8, 4) is 11.5 Å². The van der Waals surface area contributed by atoms with E-state index in [1.165, 1.54) is 17.4 Å². The van der Waals surface area contributed by atoms with Crippen molar-refractivity contribution in [3.05, 3.63) is 59.9 Å². The van der Waals surface area contributed by atoms with Gasteiger partial charge in [0.2, 0.25) is 5.91 Å². The quantitative estimate of drug-likeness (QED) is 0.393. The van der Waals surface area contributed by atoms with E-state index in [0.29, 0.717) is 24.7 Å². The first kappa shape index (κ1) is 24.9. The fourth-order valence-corrected chi connectivity index (χ4v) is 4.99. The third kappa shape index (κ3) is 6.28. The van der Waals surface area contributed by atoms with Crippen LogP contribution in [0.4, 0.5) is 5.69 Å². The van der Waals surface area contributed by atoms with Crippen LogP contribution in [0.5, 0.6) is 11.5 Å². The van der Waals surface area contributed by atoms with Crippen LogP contribution in [0.1, 0.15) is 25.2 Å². The molecule has 0 unspecified atom stereocenters. The number of amides is 1. The van der Waals surface area contributed by atoms with Crippen molar-refractivity contribution in [2.75, 3.05) is 43.4 Å². The summed E-state index contributed by atoms with van der Waals surface area (Å²) in [6, 6.07) is 16.2. The summed E-state index contributed by atoms with van der Waals surface area (Å²) in [6.07, 6.45) is 0. The van der Waals surface area contributed by atoms with E-state index in [2.05, 4.69) is 27.2 Å². The predicted octanol–water partition coefficient (Wildman–Crippen LogP) is 4.03. The molecule has 0 atom stereocenters. The molecule has 1 amide bonds. The molecule has 1 aliphatic heterocycles. The zero-order valence-electron chi connectivity index (χ0n) is 20.6. The summed E-state index contributed by atoms with van der Waals surface area (Å²) >= 11 is 1.43. The Labute approximate surface area is 211 Å². The van der Waals surface area contributed by atoms with Gasteiger partial charge in [-0.05, 0) is 50.6 Å². The highest BCUT2D eigenvalue weighted by Gasteiger charge is 2.22. The van der Waals surface area contributed by atoms with Crippen molar-refractivity contribution >= 4 is 23.4 Å². The summed E-state index contributed by atoms with van der Waals surface area (Å²) in [5.74, 6) is 2.61. The largest absolute Gasteiger partial charge is 0.490 e. The van der Waals surface area contributed by atoms with Gasteiger partial charge in [-0.15, -0.1) is 10.2 Å². The highest BCUT2D eigenvalue weighted by atomic mass is 32.2. The number of nitrogens with zero attached hydrogens (tertiary/aromatic N) is 5. The van der Waals surface area contributed by atoms with Crippen molar-refractivity contribution in [1.29, 1.82) is 0 Å². The van der Waals surface area contributed by atoms with Crippen LogP contribution in [-0.4, -0.2) is 64.1 Å². The van der Waals surface area contributed by atoms with Crippen LogP contribution < -0.4 is 14.4 Å². The van der Waals surface area contributed by atoms with Gasteiger partial charge in [-0.2, -0.15) is 0 Å². The van der Waals surface area contributed by atoms with E-state index in [-0.39, 0.29) is 12.5 Å². The van der Waals surface area contributed by atoms with Gasteiger partial charge in [0.15, 0.2) is 22.5 Å². The molecule has 4 rings (SSSR count). The first-order valence-electron chi connectivity index (χ1n) is 12.1. The van der Waals surface area contributed by atoms with E-state index in [9.17, 15) is 4.79 Å². The summed E-state index contributed by atoms with van der Waals surface area (Å²) in [4.78, 5) is 17.1. The predicted molar refractivity (Wildman–Crippen MR) is 138 cm³/mol. The van der Waals surface area contributed by atoms with Gasteiger partial charge in [-0.25, -0.2) is 0 Å². The van der Waals surface area contributed by atoms with Crippen LogP contribution in [0.15, 0.2) is 53.7 Å². The summed E-state index contributed by atoms with van der Waals surface area (Å²) < 4.78 is 13.7.